The number of hydrogen-bond acceptors (Lipinski definition) is 11. The van der Waals surface area contributed by atoms with Crippen LogP contribution in [-0.2, 0) is 0 Å². The van der Waals surface area contributed by atoms with Gasteiger partial charge in [-0.2, -0.15) is 15.0 Å². The van der Waals surface area contributed by atoms with Crippen molar-refractivity contribution >= 4 is 17.8 Å². The zero-order valence-electron chi connectivity index (χ0n) is 17.0. The van der Waals surface area contributed by atoms with Crippen LogP contribution >= 0.6 is 0 Å². The first-order chi connectivity index (χ1) is 14.0. The van der Waals surface area contributed by atoms with E-state index in [2.05, 4.69) is 20.4 Å². The molecule has 0 saturated carbocycles. The Bertz CT molecular complexity index is 616. The SMILES string of the molecule is NC1CC(N)CN(c2nc(NC3CCCNC3)nc(N3CC(N)CC(N)C3)n2)C1. The lowest BCUT2D eigenvalue weighted by molar-refractivity contribution is 0.440. The molecule has 3 aliphatic rings. The highest BCUT2D eigenvalue weighted by atomic mass is 15.4. The molecule has 3 aliphatic heterocycles. The highest BCUT2D eigenvalue weighted by Gasteiger charge is 2.29. The van der Waals surface area contributed by atoms with Gasteiger partial charge in [-0.1, -0.05) is 0 Å². The maximum Gasteiger partial charge on any atom is 0.232 e. The summed E-state index contributed by atoms with van der Waals surface area (Å²) in [5.41, 5.74) is 24.8. The van der Waals surface area contributed by atoms with Crippen molar-refractivity contribution in [2.75, 3.05) is 54.4 Å². The first kappa shape index (κ1) is 20.5. The molecule has 0 aromatic carbocycles. The summed E-state index contributed by atoms with van der Waals surface area (Å²) >= 11 is 0. The molecule has 0 spiro atoms. The Morgan fingerprint density at radius 1 is 0.793 bits per heavy atom. The van der Waals surface area contributed by atoms with Crippen LogP contribution in [0.5, 0.6) is 0 Å². The molecule has 29 heavy (non-hydrogen) atoms. The van der Waals surface area contributed by atoms with Gasteiger partial charge in [0, 0.05) is 62.9 Å². The molecule has 4 heterocycles. The average Bonchev–Trinajstić information content (AvgIpc) is 2.67. The van der Waals surface area contributed by atoms with E-state index in [1.807, 2.05) is 0 Å². The lowest BCUT2D eigenvalue weighted by Crippen LogP contribution is -2.54. The van der Waals surface area contributed by atoms with Crippen LogP contribution in [0, 0.1) is 0 Å². The third-order valence-corrected chi connectivity index (χ3v) is 5.84. The maximum atomic E-state index is 6.20. The third kappa shape index (κ3) is 5.23. The first-order valence-electron chi connectivity index (χ1n) is 10.7. The van der Waals surface area contributed by atoms with Gasteiger partial charge >= 0.3 is 0 Å². The molecule has 0 amide bonds. The van der Waals surface area contributed by atoms with Gasteiger partial charge in [-0.25, -0.2) is 0 Å². The Hall–Kier alpha value is -1.79. The molecule has 3 fully saturated rings. The molecule has 11 heteroatoms. The van der Waals surface area contributed by atoms with Crippen LogP contribution in [0.3, 0.4) is 0 Å². The average molecular weight is 406 g/mol. The van der Waals surface area contributed by atoms with Crippen LogP contribution in [0.25, 0.3) is 0 Å². The largest absolute Gasteiger partial charge is 0.350 e. The van der Waals surface area contributed by atoms with Crippen LogP contribution in [0.4, 0.5) is 17.8 Å². The summed E-state index contributed by atoms with van der Waals surface area (Å²) in [6, 6.07) is 0.331. The minimum atomic E-state index is 0.00903. The lowest BCUT2D eigenvalue weighted by atomic mass is 10.0. The smallest absolute Gasteiger partial charge is 0.232 e. The van der Waals surface area contributed by atoms with Gasteiger partial charge in [-0.3, -0.25) is 0 Å². The van der Waals surface area contributed by atoms with E-state index < -0.39 is 0 Å². The van der Waals surface area contributed by atoms with E-state index >= 15 is 0 Å². The third-order valence-electron chi connectivity index (χ3n) is 5.84. The van der Waals surface area contributed by atoms with Crippen LogP contribution in [-0.4, -0.2) is 84.4 Å². The Morgan fingerprint density at radius 3 is 1.76 bits per heavy atom. The number of piperidine rings is 3. The number of nitrogens with one attached hydrogen (secondary N) is 2. The van der Waals surface area contributed by atoms with E-state index in [1.54, 1.807) is 0 Å². The minimum absolute atomic E-state index is 0.00903. The first-order valence-corrected chi connectivity index (χ1v) is 10.7. The van der Waals surface area contributed by atoms with E-state index in [0.29, 0.717) is 50.1 Å². The van der Waals surface area contributed by atoms with E-state index in [4.69, 9.17) is 37.9 Å². The second kappa shape index (κ2) is 8.92. The van der Waals surface area contributed by atoms with Crippen molar-refractivity contribution in [1.82, 2.24) is 20.3 Å². The van der Waals surface area contributed by atoms with Gasteiger partial charge in [0.1, 0.15) is 0 Å². The predicted molar refractivity (Wildman–Crippen MR) is 115 cm³/mol. The molecular weight excluding hydrogens is 370 g/mol. The Labute approximate surface area is 172 Å². The lowest BCUT2D eigenvalue weighted by Gasteiger charge is -2.37. The quantitative estimate of drug-likeness (QED) is 0.320. The Kier molecular flexibility index (Phi) is 6.30. The van der Waals surface area contributed by atoms with E-state index in [1.165, 1.54) is 0 Å². The molecule has 4 rings (SSSR count). The number of hydrogen-bond donors (Lipinski definition) is 6. The van der Waals surface area contributed by atoms with Gasteiger partial charge in [0.05, 0.1) is 0 Å². The normalized spacial score (nSPS) is 33.6. The van der Waals surface area contributed by atoms with Gasteiger partial charge in [0.25, 0.3) is 0 Å². The van der Waals surface area contributed by atoms with E-state index in [9.17, 15) is 0 Å². The molecule has 1 aromatic rings. The van der Waals surface area contributed by atoms with Crippen LogP contribution < -0.4 is 43.4 Å². The summed E-state index contributed by atoms with van der Waals surface area (Å²) in [5, 5.41) is 6.90. The topological polar surface area (TPSA) is 173 Å². The molecule has 10 N–H and O–H groups in total. The number of nitrogens with two attached hydrogens (primary N) is 4. The molecule has 11 nitrogen and oxygen atoms in total. The van der Waals surface area contributed by atoms with Crippen molar-refractivity contribution in [2.45, 2.75) is 55.9 Å². The summed E-state index contributed by atoms with van der Waals surface area (Å²) in [5.74, 6) is 1.80. The molecule has 0 radical (unpaired) electrons. The van der Waals surface area contributed by atoms with Crippen LogP contribution in [0.1, 0.15) is 25.7 Å². The summed E-state index contributed by atoms with van der Waals surface area (Å²) in [4.78, 5) is 18.3. The number of rotatable bonds is 4. The molecule has 5 atom stereocenters. The van der Waals surface area contributed by atoms with Gasteiger partial charge in [0.2, 0.25) is 17.8 Å². The highest BCUT2D eigenvalue weighted by Crippen LogP contribution is 2.22. The molecule has 1 aromatic heterocycles. The zero-order valence-corrected chi connectivity index (χ0v) is 17.0. The van der Waals surface area contributed by atoms with Gasteiger partial charge in [0.15, 0.2) is 0 Å². The molecular formula is C18H35N11. The highest BCUT2D eigenvalue weighted by molar-refractivity contribution is 5.47. The van der Waals surface area contributed by atoms with Gasteiger partial charge in [-0.05, 0) is 32.2 Å². The molecule has 5 unspecified atom stereocenters. The summed E-state index contributed by atoms with van der Waals surface area (Å²) in [6.45, 7) is 4.68. The number of nitrogens with zero attached hydrogens (tertiary/aromatic N) is 5. The van der Waals surface area contributed by atoms with Crippen molar-refractivity contribution in [3.8, 4) is 0 Å². The summed E-state index contributed by atoms with van der Waals surface area (Å²) in [7, 11) is 0. The monoisotopic (exact) mass is 405 g/mol. The van der Waals surface area contributed by atoms with Gasteiger partial charge < -0.3 is 43.4 Å². The Morgan fingerprint density at radius 2 is 1.31 bits per heavy atom. The summed E-state index contributed by atoms with van der Waals surface area (Å²) < 4.78 is 0. The fourth-order valence-electron chi connectivity index (χ4n) is 4.54. The predicted octanol–water partition coefficient (Wildman–Crippen LogP) is -2.24. The van der Waals surface area contributed by atoms with Crippen LogP contribution in [0.15, 0.2) is 0 Å². The maximum absolute atomic E-state index is 6.20. The van der Waals surface area contributed by atoms with E-state index in [0.717, 1.165) is 38.8 Å². The molecule has 3 saturated heterocycles. The van der Waals surface area contributed by atoms with Crippen molar-refractivity contribution in [2.24, 2.45) is 22.9 Å². The fourth-order valence-corrected chi connectivity index (χ4v) is 4.54. The van der Waals surface area contributed by atoms with Gasteiger partial charge in [-0.15, -0.1) is 0 Å². The second-order valence-corrected chi connectivity index (χ2v) is 8.77. The van der Waals surface area contributed by atoms with Crippen molar-refractivity contribution in [1.29, 1.82) is 0 Å². The number of aromatic nitrogens is 3. The molecule has 162 valence electrons. The zero-order chi connectivity index (χ0) is 20.4. The van der Waals surface area contributed by atoms with Crippen molar-refractivity contribution in [3.05, 3.63) is 0 Å². The molecule has 0 aliphatic carbocycles. The standard InChI is InChI=1S/C18H35N11/c19-11-4-12(20)8-28(7-11)17-25-16(24-15-2-1-3-23-6-15)26-18(27-17)29-9-13(21)5-14(22)10-29/h11-15,23H,1-10,19-22H2,(H,24,25,26,27). The minimum Gasteiger partial charge on any atom is -0.350 e. The van der Waals surface area contributed by atoms with E-state index in [-0.39, 0.29) is 24.2 Å². The Balaban J connectivity index is 1.61. The van der Waals surface area contributed by atoms with Crippen molar-refractivity contribution < 1.29 is 0 Å². The second-order valence-electron chi connectivity index (χ2n) is 8.77. The van der Waals surface area contributed by atoms with Crippen LogP contribution in [0.2, 0.25) is 0 Å². The van der Waals surface area contributed by atoms with Crippen molar-refractivity contribution in [3.63, 3.8) is 0 Å². The molecule has 0 bridgehead atoms. The fraction of sp³-hybridized carbons (Fsp3) is 0.833. The number of anilines is 3. The summed E-state index contributed by atoms with van der Waals surface area (Å²) in [6.07, 6.45) is 3.84.